The average Bonchev–Trinajstić information content (AvgIpc) is 2.65. The van der Waals surface area contributed by atoms with Gasteiger partial charge in [0.15, 0.2) is 0 Å². The first-order valence-electron chi connectivity index (χ1n) is 8.19. The van der Waals surface area contributed by atoms with Crippen LogP contribution in [0.1, 0.15) is 17.5 Å². The number of hydrogen-bond donors (Lipinski definition) is 0. The number of carbonyl (C=O) groups excluding carboxylic acids is 1. The van der Waals surface area contributed by atoms with Crippen molar-refractivity contribution in [3.63, 3.8) is 0 Å². The lowest BCUT2D eigenvalue weighted by Crippen LogP contribution is -2.33. The number of nitrogens with zero attached hydrogens (tertiary/aromatic N) is 2. The summed E-state index contributed by atoms with van der Waals surface area (Å²) in [5, 5.41) is 9.55. The van der Waals surface area contributed by atoms with Crippen LogP contribution in [0.3, 0.4) is 0 Å². The van der Waals surface area contributed by atoms with Gasteiger partial charge in [-0.05, 0) is 48.4 Å². The summed E-state index contributed by atoms with van der Waals surface area (Å²) in [6, 6.07) is 15.4. The van der Waals surface area contributed by atoms with Crippen molar-refractivity contribution in [2.24, 2.45) is 0 Å². The SMILES string of the molecule is COc1cccc(CSCC(=O)N(CCC#N)c2ccc(Cl)c(C)c2)c1. The van der Waals surface area contributed by atoms with E-state index in [0.717, 1.165) is 22.6 Å². The number of hydrogen-bond acceptors (Lipinski definition) is 4. The number of nitriles is 1. The van der Waals surface area contributed by atoms with Crippen LogP contribution in [-0.4, -0.2) is 25.3 Å². The third-order valence-electron chi connectivity index (χ3n) is 3.83. The van der Waals surface area contributed by atoms with E-state index < -0.39 is 0 Å². The van der Waals surface area contributed by atoms with E-state index in [1.165, 1.54) is 0 Å². The Morgan fingerprint density at radius 2 is 2.12 bits per heavy atom. The highest BCUT2D eigenvalue weighted by molar-refractivity contribution is 7.99. The second-order valence-electron chi connectivity index (χ2n) is 5.73. The van der Waals surface area contributed by atoms with Gasteiger partial charge in [0.25, 0.3) is 0 Å². The number of amides is 1. The zero-order valence-corrected chi connectivity index (χ0v) is 16.4. The molecule has 6 heteroatoms. The number of thioether (sulfide) groups is 1. The Hall–Kier alpha value is -2.16. The zero-order chi connectivity index (χ0) is 18.9. The van der Waals surface area contributed by atoms with Crippen LogP contribution in [0.25, 0.3) is 0 Å². The highest BCUT2D eigenvalue weighted by Gasteiger charge is 2.16. The van der Waals surface area contributed by atoms with Crippen molar-refractivity contribution >= 4 is 35.0 Å². The standard InChI is InChI=1S/C20H21ClN2O2S/c1-15-11-17(7-8-19(15)21)23(10-4-9-22)20(24)14-26-13-16-5-3-6-18(12-16)25-2/h3,5-8,11-12H,4,10,13-14H2,1-2H3. The monoisotopic (exact) mass is 388 g/mol. The first-order valence-corrected chi connectivity index (χ1v) is 9.72. The number of ether oxygens (including phenoxy) is 1. The maximum atomic E-state index is 12.7. The van der Waals surface area contributed by atoms with Gasteiger partial charge in [-0.1, -0.05) is 23.7 Å². The van der Waals surface area contributed by atoms with Crippen molar-refractivity contribution in [3.8, 4) is 11.8 Å². The minimum atomic E-state index is -0.0186. The summed E-state index contributed by atoms with van der Waals surface area (Å²) in [6.45, 7) is 2.27. The fourth-order valence-corrected chi connectivity index (χ4v) is 3.42. The molecule has 0 aromatic heterocycles. The molecule has 0 aliphatic rings. The van der Waals surface area contributed by atoms with Crippen LogP contribution in [0.4, 0.5) is 5.69 Å². The molecule has 2 aromatic carbocycles. The van der Waals surface area contributed by atoms with Gasteiger partial charge >= 0.3 is 0 Å². The van der Waals surface area contributed by atoms with Crippen LogP contribution in [0.15, 0.2) is 42.5 Å². The minimum absolute atomic E-state index is 0.0186. The number of methoxy groups -OCH3 is 1. The maximum absolute atomic E-state index is 12.7. The van der Waals surface area contributed by atoms with E-state index in [9.17, 15) is 4.79 Å². The Balaban J connectivity index is 2.01. The van der Waals surface area contributed by atoms with Gasteiger partial charge in [-0.25, -0.2) is 0 Å². The Kier molecular flexibility index (Phi) is 7.83. The molecule has 0 radical (unpaired) electrons. The summed E-state index contributed by atoms with van der Waals surface area (Å²) in [7, 11) is 1.64. The minimum Gasteiger partial charge on any atom is -0.497 e. The van der Waals surface area contributed by atoms with Crippen LogP contribution in [0.2, 0.25) is 5.02 Å². The Morgan fingerprint density at radius 3 is 2.81 bits per heavy atom. The summed E-state index contributed by atoms with van der Waals surface area (Å²) in [4.78, 5) is 14.4. The summed E-state index contributed by atoms with van der Waals surface area (Å²) in [6.07, 6.45) is 0.286. The fraction of sp³-hybridized carbons (Fsp3) is 0.300. The molecule has 0 N–H and O–H groups in total. The molecular formula is C20H21ClN2O2S. The van der Waals surface area contributed by atoms with Crippen LogP contribution in [0, 0.1) is 18.3 Å². The molecule has 0 saturated heterocycles. The molecule has 0 fully saturated rings. The summed E-state index contributed by atoms with van der Waals surface area (Å²) in [5.41, 5.74) is 2.78. The second-order valence-corrected chi connectivity index (χ2v) is 7.12. The highest BCUT2D eigenvalue weighted by atomic mass is 35.5. The van der Waals surface area contributed by atoms with Crippen molar-refractivity contribution in [1.29, 1.82) is 5.26 Å². The topological polar surface area (TPSA) is 53.3 Å². The molecule has 0 aliphatic carbocycles. The molecule has 2 aromatic rings. The van der Waals surface area contributed by atoms with E-state index in [-0.39, 0.29) is 12.3 Å². The summed E-state index contributed by atoms with van der Waals surface area (Å²) >= 11 is 7.62. The highest BCUT2D eigenvalue weighted by Crippen LogP contribution is 2.24. The van der Waals surface area contributed by atoms with Gasteiger partial charge in [-0.3, -0.25) is 4.79 Å². The Bertz CT molecular complexity index is 805. The molecule has 1 amide bonds. The Labute approximate surface area is 163 Å². The summed E-state index contributed by atoms with van der Waals surface area (Å²) in [5.74, 6) is 1.84. The van der Waals surface area contributed by atoms with Crippen molar-refractivity contribution < 1.29 is 9.53 Å². The molecular weight excluding hydrogens is 368 g/mol. The largest absolute Gasteiger partial charge is 0.497 e. The normalized spacial score (nSPS) is 10.2. The van der Waals surface area contributed by atoms with Crippen LogP contribution < -0.4 is 9.64 Å². The Morgan fingerprint density at radius 1 is 1.31 bits per heavy atom. The van der Waals surface area contributed by atoms with E-state index in [4.69, 9.17) is 21.6 Å². The third kappa shape index (κ3) is 5.69. The van der Waals surface area contributed by atoms with Gasteiger partial charge in [0.05, 0.1) is 25.4 Å². The van der Waals surface area contributed by atoms with E-state index in [1.54, 1.807) is 29.8 Å². The van der Waals surface area contributed by atoms with E-state index in [2.05, 4.69) is 6.07 Å². The molecule has 2 rings (SSSR count). The average molecular weight is 389 g/mol. The lowest BCUT2D eigenvalue weighted by Gasteiger charge is -2.22. The summed E-state index contributed by atoms with van der Waals surface area (Å²) < 4.78 is 5.22. The number of anilines is 1. The predicted octanol–water partition coefficient (Wildman–Crippen LogP) is 4.84. The smallest absolute Gasteiger partial charge is 0.237 e. The van der Waals surface area contributed by atoms with Crippen molar-refractivity contribution in [2.75, 3.05) is 24.3 Å². The van der Waals surface area contributed by atoms with Crippen molar-refractivity contribution in [2.45, 2.75) is 19.1 Å². The number of halogens is 1. The van der Waals surface area contributed by atoms with Crippen molar-refractivity contribution in [3.05, 3.63) is 58.6 Å². The second kappa shape index (κ2) is 10.1. The van der Waals surface area contributed by atoms with Crippen LogP contribution >= 0.6 is 23.4 Å². The molecule has 0 unspecified atom stereocenters. The molecule has 0 heterocycles. The van der Waals surface area contributed by atoms with Gasteiger partial charge in [-0.15, -0.1) is 11.8 Å². The van der Waals surface area contributed by atoms with Gasteiger partial charge in [0.2, 0.25) is 5.91 Å². The molecule has 0 aliphatic heterocycles. The van der Waals surface area contributed by atoms with Crippen LogP contribution in [-0.2, 0) is 10.5 Å². The first-order chi connectivity index (χ1) is 12.5. The van der Waals surface area contributed by atoms with E-state index in [1.807, 2.05) is 43.3 Å². The molecule has 0 atom stereocenters. The molecule has 0 bridgehead atoms. The fourth-order valence-electron chi connectivity index (χ4n) is 2.45. The quantitative estimate of drug-likeness (QED) is 0.649. The zero-order valence-electron chi connectivity index (χ0n) is 14.9. The van der Waals surface area contributed by atoms with E-state index >= 15 is 0 Å². The lowest BCUT2D eigenvalue weighted by molar-refractivity contribution is -0.116. The van der Waals surface area contributed by atoms with Gasteiger partial charge in [-0.2, -0.15) is 5.26 Å². The first kappa shape index (κ1) is 20.2. The number of aryl methyl sites for hydroxylation is 1. The molecule has 26 heavy (non-hydrogen) atoms. The van der Waals surface area contributed by atoms with Gasteiger partial charge < -0.3 is 9.64 Å². The maximum Gasteiger partial charge on any atom is 0.237 e. The van der Waals surface area contributed by atoms with Gasteiger partial charge in [0, 0.05) is 23.0 Å². The van der Waals surface area contributed by atoms with Gasteiger partial charge in [0.1, 0.15) is 5.75 Å². The molecule has 0 saturated carbocycles. The lowest BCUT2D eigenvalue weighted by atomic mass is 10.2. The van der Waals surface area contributed by atoms with Crippen molar-refractivity contribution in [1.82, 2.24) is 0 Å². The number of benzene rings is 2. The van der Waals surface area contributed by atoms with E-state index in [0.29, 0.717) is 23.1 Å². The predicted molar refractivity (Wildman–Crippen MR) is 108 cm³/mol. The molecule has 136 valence electrons. The molecule has 4 nitrogen and oxygen atoms in total. The molecule has 0 spiro atoms. The third-order valence-corrected chi connectivity index (χ3v) is 5.24. The number of carbonyl (C=O) groups is 1. The van der Waals surface area contributed by atoms with Crippen LogP contribution in [0.5, 0.6) is 5.75 Å². The number of rotatable bonds is 8.